The molecular formula is C14H17BrFNO5. The molecule has 0 heterocycles. The number of methoxy groups -OCH3 is 1. The first-order valence-electron chi connectivity index (χ1n) is 6.46. The summed E-state index contributed by atoms with van der Waals surface area (Å²) in [7, 11) is 1.46. The second-order valence-electron chi connectivity index (χ2n) is 4.48. The van der Waals surface area contributed by atoms with Crippen molar-refractivity contribution in [3.8, 4) is 5.75 Å². The van der Waals surface area contributed by atoms with E-state index in [9.17, 15) is 14.0 Å². The normalized spacial score (nSPS) is 11.8. The van der Waals surface area contributed by atoms with E-state index in [2.05, 4.69) is 15.9 Å². The minimum atomic E-state index is -1.13. The van der Waals surface area contributed by atoms with Crippen LogP contribution in [0.5, 0.6) is 5.75 Å². The highest BCUT2D eigenvalue weighted by Crippen LogP contribution is 2.26. The molecule has 0 radical (unpaired) electrons. The minimum absolute atomic E-state index is 0.139. The fraction of sp³-hybridized carbons (Fsp3) is 0.429. The lowest BCUT2D eigenvalue weighted by atomic mass is 10.3. The zero-order chi connectivity index (χ0) is 16.7. The standard InChI is InChI=1S/C14H17BrFNO5/c1-9(22-12-4-3-10(16)7-11(12)15)14(20)17(5-6-21-2)8-13(18)19/h3-4,7,9H,5-6,8H2,1-2H3,(H,18,19). The molecule has 1 atom stereocenters. The average molecular weight is 378 g/mol. The van der Waals surface area contributed by atoms with Crippen LogP contribution in [0.3, 0.4) is 0 Å². The van der Waals surface area contributed by atoms with Crippen LogP contribution < -0.4 is 4.74 Å². The van der Waals surface area contributed by atoms with E-state index in [1.807, 2.05) is 0 Å². The van der Waals surface area contributed by atoms with E-state index in [-0.39, 0.29) is 13.2 Å². The van der Waals surface area contributed by atoms with Crippen LogP contribution in [-0.2, 0) is 14.3 Å². The summed E-state index contributed by atoms with van der Waals surface area (Å²) >= 11 is 3.14. The van der Waals surface area contributed by atoms with Gasteiger partial charge in [-0.25, -0.2) is 4.39 Å². The van der Waals surface area contributed by atoms with Crippen molar-refractivity contribution in [2.45, 2.75) is 13.0 Å². The molecule has 1 unspecified atom stereocenters. The van der Waals surface area contributed by atoms with Gasteiger partial charge in [0, 0.05) is 13.7 Å². The maximum absolute atomic E-state index is 13.0. The number of rotatable bonds is 8. The number of amides is 1. The summed E-state index contributed by atoms with van der Waals surface area (Å²) in [5.41, 5.74) is 0. The molecule has 1 aromatic carbocycles. The van der Waals surface area contributed by atoms with Crippen molar-refractivity contribution in [2.24, 2.45) is 0 Å². The zero-order valence-electron chi connectivity index (χ0n) is 12.2. The van der Waals surface area contributed by atoms with Crippen molar-refractivity contribution < 1.29 is 28.6 Å². The quantitative estimate of drug-likeness (QED) is 0.748. The van der Waals surface area contributed by atoms with Gasteiger partial charge in [0.15, 0.2) is 6.10 Å². The molecule has 1 N–H and O–H groups in total. The lowest BCUT2D eigenvalue weighted by Gasteiger charge is -2.24. The van der Waals surface area contributed by atoms with Crippen molar-refractivity contribution in [3.63, 3.8) is 0 Å². The Kier molecular flexibility index (Phi) is 7.26. The number of hydrogen-bond donors (Lipinski definition) is 1. The fourth-order valence-electron chi connectivity index (χ4n) is 1.70. The summed E-state index contributed by atoms with van der Waals surface area (Å²) < 4.78 is 23.7. The van der Waals surface area contributed by atoms with Gasteiger partial charge in [-0.05, 0) is 41.1 Å². The van der Waals surface area contributed by atoms with Crippen molar-refractivity contribution in [1.82, 2.24) is 4.90 Å². The number of hydrogen-bond acceptors (Lipinski definition) is 4. The SMILES string of the molecule is COCCN(CC(=O)O)C(=O)C(C)Oc1ccc(F)cc1Br. The highest BCUT2D eigenvalue weighted by atomic mass is 79.9. The van der Waals surface area contributed by atoms with Crippen LogP contribution in [-0.4, -0.2) is 54.8 Å². The summed E-state index contributed by atoms with van der Waals surface area (Å²) in [6, 6.07) is 3.81. The Balaban J connectivity index is 2.77. The Labute approximate surface area is 135 Å². The van der Waals surface area contributed by atoms with Crippen LogP contribution in [0.1, 0.15) is 6.92 Å². The Morgan fingerprint density at radius 3 is 2.68 bits per heavy atom. The second-order valence-corrected chi connectivity index (χ2v) is 5.34. The highest BCUT2D eigenvalue weighted by Gasteiger charge is 2.24. The van der Waals surface area contributed by atoms with E-state index < -0.39 is 30.3 Å². The number of carbonyl (C=O) groups excluding carboxylic acids is 1. The van der Waals surface area contributed by atoms with E-state index in [0.717, 1.165) is 4.90 Å². The molecule has 0 saturated heterocycles. The number of benzene rings is 1. The van der Waals surface area contributed by atoms with Crippen molar-refractivity contribution in [2.75, 3.05) is 26.8 Å². The van der Waals surface area contributed by atoms with Gasteiger partial charge in [0.25, 0.3) is 5.91 Å². The molecule has 0 aromatic heterocycles. The number of nitrogens with zero attached hydrogens (tertiary/aromatic N) is 1. The lowest BCUT2D eigenvalue weighted by molar-refractivity contribution is -0.148. The topological polar surface area (TPSA) is 76.1 Å². The molecule has 0 aliphatic rings. The zero-order valence-corrected chi connectivity index (χ0v) is 13.8. The van der Waals surface area contributed by atoms with E-state index >= 15 is 0 Å². The number of ether oxygens (including phenoxy) is 2. The molecule has 0 fully saturated rings. The summed E-state index contributed by atoms with van der Waals surface area (Å²) in [5.74, 6) is -1.76. The Bertz CT molecular complexity index is 540. The van der Waals surface area contributed by atoms with Crippen LogP contribution in [0, 0.1) is 5.82 Å². The molecule has 0 bridgehead atoms. The van der Waals surface area contributed by atoms with Crippen LogP contribution in [0.2, 0.25) is 0 Å². The van der Waals surface area contributed by atoms with Crippen LogP contribution in [0.4, 0.5) is 4.39 Å². The molecule has 1 aromatic rings. The van der Waals surface area contributed by atoms with Crippen molar-refractivity contribution in [1.29, 1.82) is 0 Å². The summed E-state index contributed by atoms with van der Waals surface area (Å²) in [5, 5.41) is 8.85. The molecule has 122 valence electrons. The molecule has 22 heavy (non-hydrogen) atoms. The minimum Gasteiger partial charge on any atom is -0.480 e. The second kappa shape index (κ2) is 8.70. The van der Waals surface area contributed by atoms with Gasteiger partial charge in [-0.3, -0.25) is 9.59 Å². The van der Waals surface area contributed by atoms with Gasteiger partial charge in [0.1, 0.15) is 18.1 Å². The van der Waals surface area contributed by atoms with Gasteiger partial charge < -0.3 is 19.5 Å². The third-order valence-corrected chi connectivity index (χ3v) is 3.37. The number of carboxylic acid groups (broad SMARTS) is 1. The highest BCUT2D eigenvalue weighted by molar-refractivity contribution is 9.10. The molecule has 0 aliphatic carbocycles. The third kappa shape index (κ3) is 5.61. The summed E-state index contributed by atoms with van der Waals surface area (Å²) in [6.07, 6.45) is -0.919. The van der Waals surface area contributed by atoms with Gasteiger partial charge in [0.05, 0.1) is 11.1 Å². The largest absolute Gasteiger partial charge is 0.480 e. The molecule has 0 aliphatic heterocycles. The van der Waals surface area contributed by atoms with Gasteiger partial charge in [-0.2, -0.15) is 0 Å². The first kappa shape index (κ1) is 18.4. The Morgan fingerprint density at radius 2 is 2.14 bits per heavy atom. The molecule has 0 spiro atoms. The van der Waals surface area contributed by atoms with E-state index in [1.54, 1.807) is 0 Å². The van der Waals surface area contributed by atoms with Gasteiger partial charge in [-0.15, -0.1) is 0 Å². The molecule has 6 nitrogen and oxygen atoms in total. The predicted molar refractivity (Wildman–Crippen MR) is 80.3 cm³/mol. The molecule has 0 saturated carbocycles. The number of carboxylic acids is 1. The van der Waals surface area contributed by atoms with Crippen LogP contribution >= 0.6 is 15.9 Å². The Hall–Kier alpha value is -1.67. The monoisotopic (exact) mass is 377 g/mol. The van der Waals surface area contributed by atoms with Crippen molar-refractivity contribution in [3.05, 3.63) is 28.5 Å². The fourth-order valence-corrected chi connectivity index (χ4v) is 2.14. The van der Waals surface area contributed by atoms with Gasteiger partial charge in [0.2, 0.25) is 0 Å². The maximum Gasteiger partial charge on any atom is 0.323 e. The predicted octanol–water partition coefficient (Wildman–Crippen LogP) is 1.92. The van der Waals surface area contributed by atoms with E-state index in [0.29, 0.717) is 10.2 Å². The molecular weight excluding hydrogens is 361 g/mol. The van der Waals surface area contributed by atoms with Crippen molar-refractivity contribution >= 4 is 27.8 Å². The molecule has 8 heteroatoms. The first-order valence-corrected chi connectivity index (χ1v) is 7.25. The number of carbonyl (C=O) groups is 2. The number of aliphatic carboxylic acids is 1. The van der Waals surface area contributed by atoms with Crippen LogP contribution in [0.15, 0.2) is 22.7 Å². The first-order chi connectivity index (χ1) is 10.3. The Morgan fingerprint density at radius 1 is 1.45 bits per heavy atom. The molecule has 1 rings (SSSR count). The third-order valence-electron chi connectivity index (χ3n) is 2.75. The summed E-state index contributed by atoms with van der Waals surface area (Å²) in [6.45, 7) is 1.41. The summed E-state index contributed by atoms with van der Waals surface area (Å²) in [4.78, 5) is 24.2. The number of halogens is 2. The van der Waals surface area contributed by atoms with Crippen LogP contribution in [0.25, 0.3) is 0 Å². The van der Waals surface area contributed by atoms with E-state index in [1.165, 1.54) is 32.2 Å². The van der Waals surface area contributed by atoms with Gasteiger partial charge >= 0.3 is 5.97 Å². The van der Waals surface area contributed by atoms with E-state index in [4.69, 9.17) is 14.6 Å². The lowest BCUT2D eigenvalue weighted by Crippen LogP contribution is -2.44. The molecule has 1 amide bonds. The van der Waals surface area contributed by atoms with Gasteiger partial charge in [-0.1, -0.05) is 0 Å². The average Bonchev–Trinajstić information content (AvgIpc) is 2.45. The smallest absolute Gasteiger partial charge is 0.323 e. The maximum atomic E-state index is 13.0.